The zero-order valence-corrected chi connectivity index (χ0v) is 32.5. The van der Waals surface area contributed by atoms with E-state index in [-0.39, 0.29) is 0 Å². The van der Waals surface area contributed by atoms with Gasteiger partial charge in [0.1, 0.15) is 0 Å². The van der Waals surface area contributed by atoms with Crippen LogP contribution in [0.4, 0.5) is 17.1 Å². The van der Waals surface area contributed by atoms with Gasteiger partial charge in [0.05, 0.1) is 0 Å². The van der Waals surface area contributed by atoms with Gasteiger partial charge in [-0.3, -0.25) is 0 Å². The largest absolute Gasteiger partial charge is 0.310 e. The van der Waals surface area contributed by atoms with Crippen LogP contribution in [-0.4, -0.2) is 0 Å². The Balaban J connectivity index is 1.06. The molecule has 0 amide bonds. The van der Waals surface area contributed by atoms with E-state index in [1.54, 1.807) is 0 Å². The third kappa shape index (κ3) is 6.40. The topological polar surface area (TPSA) is 3.24 Å². The van der Waals surface area contributed by atoms with Gasteiger partial charge in [-0.2, -0.15) is 0 Å². The maximum absolute atomic E-state index is 2.39. The molecule has 0 fully saturated rings. The molecule has 0 saturated heterocycles. The van der Waals surface area contributed by atoms with Crippen LogP contribution < -0.4 is 4.90 Å². The minimum Gasteiger partial charge on any atom is -0.310 e. The third-order valence-electron chi connectivity index (χ3n) is 11.8. The monoisotopic (exact) mass is 749 g/mol. The van der Waals surface area contributed by atoms with Crippen LogP contribution in [0, 0.1) is 0 Å². The second-order valence-electron chi connectivity index (χ2n) is 15.3. The maximum atomic E-state index is 2.39. The van der Waals surface area contributed by atoms with E-state index in [1.165, 1.54) is 87.6 Å². The standard InChI is InChI=1S/C58H39N/c1-3-11-40(12-4-1)42-21-28-50(29-22-42)59(51-30-23-43(24-31-51)47-20-19-41-13-7-8-17-46(41)37-47)52-32-36-54(44-14-5-2-6-15-44)58(39-52)49-26-33-55-48(38-49)27-35-56-53-18-10-9-16-45(53)25-34-57(55)56/h1-39H. The van der Waals surface area contributed by atoms with Gasteiger partial charge in [-0.05, 0) is 136 Å². The van der Waals surface area contributed by atoms with Gasteiger partial charge in [0.2, 0.25) is 0 Å². The van der Waals surface area contributed by atoms with Crippen LogP contribution in [0.3, 0.4) is 0 Å². The fourth-order valence-electron chi connectivity index (χ4n) is 8.83. The van der Waals surface area contributed by atoms with Crippen molar-refractivity contribution in [1.82, 2.24) is 0 Å². The Hall–Kier alpha value is -7.74. The highest BCUT2D eigenvalue weighted by molar-refractivity contribution is 6.17. The van der Waals surface area contributed by atoms with Gasteiger partial charge in [-0.25, -0.2) is 0 Å². The van der Waals surface area contributed by atoms with Crippen molar-refractivity contribution in [2.24, 2.45) is 0 Å². The van der Waals surface area contributed by atoms with Crippen molar-refractivity contribution in [3.8, 4) is 44.5 Å². The molecule has 0 saturated carbocycles. The molecule has 0 aliphatic rings. The summed E-state index contributed by atoms with van der Waals surface area (Å²) < 4.78 is 0. The normalized spacial score (nSPS) is 11.4. The average Bonchev–Trinajstić information content (AvgIpc) is 3.32. The highest BCUT2D eigenvalue weighted by Crippen LogP contribution is 2.43. The SMILES string of the molecule is c1ccc(-c2ccc(N(c3ccc(-c4ccc5ccccc5c4)cc3)c3ccc(-c4ccccc4)c(-c4ccc5c(ccc6c7ccccc7ccc56)c4)c3)cc2)cc1. The Labute approximate surface area is 344 Å². The summed E-state index contributed by atoms with van der Waals surface area (Å²) in [5.41, 5.74) is 12.8. The summed E-state index contributed by atoms with van der Waals surface area (Å²) >= 11 is 0. The lowest BCUT2D eigenvalue weighted by molar-refractivity contribution is 1.28. The van der Waals surface area contributed by atoms with E-state index in [1.807, 2.05) is 0 Å². The number of nitrogens with zero attached hydrogens (tertiary/aromatic N) is 1. The number of hydrogen-bond donors (Lipinski definition) is 0. The van der Waals surface area contributed by atoms with Crippen molar-refractivity contribution in [1.29, 1.82) is 0 Å². The first-order valence-electron chi connectivity index (χ1n) is 20.3. The van der Waals surface area contributed by atoms with Gasteiger partial charge < -0.3 is 4.90 Å². The first-order chi connectivity index (χ1) is 29.2. The van der Waals surface area contributed by atoms with Crippen LogP contribution in [-0.2, 0) is 0 Å². The second-order valence-corrected chi connectivity index (χ2v) is 15.3. The summed E-state index contributed by atoms with van der Waals surface area (Å²) in [5.74, 6) is 0. The summed E-state index contributed by atoms with van der Waals surface area (Å²) in [6.45, 7) is 0. The summed E-state index contributed by atoms with van der Waals surface area (Å²) in [6.07, 6.45) is 0. The third-order valence-corrected chi connectivity index (χ3v) is 11.8. The number of anilines is 3. The molecule has 11 aromatic carbocycles. The van der Waals surface area contributed by atoms with Gasteiger partial charge in [-0.1, -0.05) is 188 Å². The Bertz CT molecular complexity index is 3290. The Morgan fingerprint density at radius 2 is 0.661 bits per heavy atom. The second kappa shape index (κ2) is 14.6. The molecule has 0 unspecified atom stereocenters. The van der Waals surface area contributed by atoms with Crippen molar-refractivity contribution in [3.05, 3.63) is 237 Å². The molecule has 0 bridgehead atoms. The minimum absolute atomic E-state index is 1.09. The number of benzene rings is 11. The smallest absolute Gasteiger partial charge is 0.0468 e. The molecule has 59 heavy (non-hydrogen) atoms. The van der Waals surface area contributed by atoms with Crippen LogP contribution >= 0.6 is 0 Å². The first-order valence-corrected chi connectivity index (χ1v) is 20.3. The van der Waals surface area contributed by atoms with E-state index in [2.05, 4.69) is 241 Å². The van der Waals surface area contributed by atoms with Gasteiger partial charge in [-0.15, -0.1) is 0 Å². The molecule has 11 aromatic rings. The Kier molecular flexibility index (Phi) is 8.56. The van der Waals surface area contributed by atoms with E-state index in [0.29, 0.717) is 0 Å². The molecule has 11 rings (SSSR count). The van der Waals surface area contributed by atoms with Crippen molar-refractivity contribution < 1.29 is 0 Å². The van der Waals surface area contributed by atoms with Crippen LogP contribution in [0.25, 0.3) is 87.6 Å². The molecule has 0 atom stereocenters. The summed E-state index contributed by atoms with van der Waals surface area (Å²) in [7, 11) is 0. The molecule has 276 valence electrons. The average molecular weight is 750 g/mol. The van der Waals surface area contributed by atoms with Gasteiger partial charge in [0.15, 0.2) is 0 Å². The predicted molar refractivity (Wildman–Crippen MR) is 253 cm³/mol. The van der Waals surface area contributed by atoms with Crippen molar-refractivity contribution >= 4 is 60.2 Å². The highest BCUT2D eigenvalue weighted by atomic mass is 15.1. The molecular formula is C58H39N. The molecule has 0 aromatic heterocycles. The lowest BCUT2D eigenvalue weighted by Gasteiger charge is -2.27. The zero-order valence-electron chi connectivity index (χ0n) is 32.5. The van der Waals surface area contributed by atoms with E-state index >= 15 is 0 Å². The summed E-state index contributed by atoms with van der Waals surface area (Å²) in [4.78, 5) is 2.39. The van der Waals surface area contributed by atoms with E-state index < -0.39 is 0 Å². The molecule has 1 nitrogen and oxygen atoms in total. The number of rotatable bonds is 7. The fraction of sp³-hybridized carbons (Fsp3) is 0. The van der Waals surface area contributed by atoms with Crippen molar-refractivity contribution in [3.63, 3.8) is 0 Å². The zero-order chi connectivity index (χ0) is 39.1. The van der Waals surface area contributed by atoms with E-state index in [9.17, 15) is 0 Å². The Morgan fingerprint density at radius 1 is 0.203 bits per heavy atom. The lowest BCUT2D eigenvalue weighted by Crippen LogP contribution is -2.10. The molecular weight excluding hydrogens is 711 g/mol. The predicted octanol–water partition coefficient (Wildman–Crippen LogP) is 16.4. The Morgan fingerprint density at radius 3 is 1.37 bits per heavy atom. The minimum atomic E-state index is 1.09. The first kappa shape index (κ1) is 34.5. The lowest BCUT2D eigenvalue weighted by atomic mass is 9.91. The molecule has 0 N–H and O–H groups in total. The summed E-state index contributed by atoms with van der Waals surface area (Å²) in [5, 5.41) is 10.1. The van der Waals surface area contributed by atoms with Crippen molar-refractivity contribution in [2.75, 3.05) is 4.90 Å². The number of fused-ring (bicyclic) bond motifs is 6. The number of hydrogen-bond acceptors (Lipinski definition) is 1. The van der Waals surface area contributed by atoms with Crippen LogP contribution in [0.5, 0.6) is 0 Å². The van der Waals surface area contributed by atoms with Gasteiger partial charge in [0.25, 0.3) is 0 Å². The van der Waals surface area contributed by atoms with Crippen LogP contribution in [0.1, 0.15) is 0 Å². The van der Waals surface area contributed by atoms with Gasteiger partial charge in [0, 0.05) is 17.1 Å². The van der Waals surface area contributed by atoms with Crippen LogP contribution in [0.15, 0.2) is 237 Å². The van der Waals surface area contributed by atoms with E-state index in [0.717, 1.165) is 17.1 Å². The quantitative estimate of drug-likeness (QED) is 0.147. The molecule has 1 heteroatoms. The molecule has 0 spiro atoms. The summed E-state index contributed by atoms with van der Waals surface area (Å²) in [6, 6.07) is 86.3. The molecule has 0 aliphatic heterocycles. The molecule has 0 aliphatic carbocycles. The highest BCUT2D eigenvalue weighted by Gasteiger charge is 2.18. The maximum Gasteiger partial charge on any atom is 0.0468 e. The molecule has 0 heterocycles. The van der Waals surface area contributed by atoms with Crippen molar-refractivity contribution in [2.45, 2.75) is 0 Å². The van der Waals surface area contributed by atoms with E-state index in [4.69, 9.17) is 0 Å². The fourth-order valence-corrected chi connectivity index (χ4v) is 8.83. The van der Waals surface area contributed by atoms with Crippen LogP contribution in [0.2, 0.25) is 0 Å². The molecule has 0 radical (unpaired) electrons. The van der Waals surface area contributed by atoms with Gasteiger partial charge >= 0.3 is 0 Å².